The number of hydrogen-bond acceptors (Lipinski definition) is 3. The van der Waals surface area contributed by atoms with E-state index in [2.05, 4.69) is 6.07 Å². The van der Waals surface area contributed by atoms with Crippen molar-refractivity contribution in [3.05, 3.63) is 53.6 Å². The first-order valence-electron chi connectivity index (χ1n) is 7.83. The van der Waals surface area contributed by atoms with E-state index in [9.17, 15) is 9.90 Å². The predicted molar refractivity (Wildman–Crippen MR) is 90.1 cm³/mol. The molecule has 0 atom stereocenters. The van der Waals surface area contributed by atoms with Gasteiger partial charge < -0.3 is 14.7 Å². The van der Waals surface area contributed by atoms with Gasteiger partial charge >= 0.3 is 0 Å². The summed E-state index contributed by atoms with van der Waals surface area (Å²) in [5, 5.41) is 9.30. The first-order chi connectivity index (χ1) is 11.1. The van der Waals surface area contributed by atoms with Crippen LogP contribution in [-0.2, 0) is 22.7 Å². The van der Waals surface area contributed by atoms with Gasteiger partial charge in [0.05, 0.1) is 13.2 Å². The number of rotatable bonds is 3. The minimum absolute atomic E-state index is 0.00576. The standard InChI is InChI=1S/C19H21NO3/c1-13(2)20-18-7-6-16(9-17(18)11-23-12-19(20)22)15-5-3-4-14(8-15)10-21/h3-9,13,21H,10-12H2,1-2H3. The lowest BCUT2D eigenvalue weighted by Crippen LogP contribution is -2.38. The Balaban J connectivity index is 2.04. The zero-order valence-electron chi connectivity index (χ0n) is 13.5. The monoisotopic (exact) mass is 311 g/mol. The molecule has 0 saturated heterocycles. The van der Waals surface area contributed by atoms with Crippen LogP contribution in [0.3, 0.4) is 0 Å². The minimum atomic E-state index is -0.00576. The summed E-state index contributed by atoms with van der Waals surface area (Å²) in [5.41, 5.74) is 4.92. The molecule has 1 N–H and O–H groups in total. The lowest BCUT2D eigenvalue weighted by Gasteiger charge is -2.26. The average Bonchev–Trinajstić information content (AvgIpc) is 2.72. The van der Waals surface area contributed by atoms with Crippen molar-refractivity contribution in [1.82, 2.24) is 0 Å². The topological polar surface area (TPSA) is 49.8 Å². The fourth-order valence-corrected chi connectivity index (χ4v) is 2.98. The van der Waals surface area contributed by atoms with E-state index in [0.717, 1.165) is 27.9 Å². The summed E-state index contributed by atoms with van der Waals surface area (Å²) in [4.78, 5) is 14.0. The number of aliphatic hydroxyl groups excluding tert-OH is 1. The van der Waals surface area contributed by atoms with Crippen LogP contribution in [0.15, 0.2) is 42.5 Å². The van der Waals surface area contributed by atoms with Crippen molar-refractivity contribution in [2.24, 2.45) is 0 Å². The van der Waals surface area contributed by atoms with Crippen LogP contribution in [0.2, 0.25) is 0 Å². The molecular formula is C19H21NO3. The van der Waals surface area contributed by atoms with E-state index in [1.165, 1.54) is 0 Å². The third-order valence-electron chi connectivity index (χ3n) is 4.05. The summed E-state index contributed by atoms with van der Waals surface area (Å²) in [5.74, 6) is -0.00576. The predicted octanol–water partition coefficient (Wildman–Crippen LogP) is 3.12. The second-order valence-corrected chi connectivity index (χ2v) is 6.05. The maximum absolute atomic E-state index is 12.2. The molecule has 4 heteroatoms. The van der Waals surface area contributed by atoms with Gasteiger partial charge in [-0.05, 0) is 48.7 Å². The van der Waals surface area contributed by atoms with Crippen LogP contribution in [0.5, 0.6) is 0 Å². The maximum atomic E-state index is 12.2. The van der Waals surface area contributed by atoms with Crippen molar-refractivity contribution in [3.63, 3.8) is 0 Å². The molecule has 23 heavy (non-hydrogen) atoms. The zero-order chi connectivity index (χ0) is 16.4. The molecular weight excluding hydrogens is 290 g/mol. The quantitative estimate of drug-likeness (QED) is 0.947. The first-order valence-corrected chi connectivity index (χ1v) is 7.83. The largest absolute Gasteiger partial charge is 0.392 e. The van der Waals surface area contributed by atoms with Gasteiger partial charge in [-0.2, -0.15) is 0 Å². The number of amides is 1. The van der Waals surface area contributed by atoms with Crippen molar-refractivity contribution < 1.29 is 14.6 Å². The van der Waals surface area contributed by atoms with Gasteiger partial charge in [0.1, 0.15) is 6.61 Å². The highest BCUT2D eigenvalue weighted by Crippen LogP contribution is 2.31. The Morgan fingerprint density at radius 1 is 1.13 bits per heavy atom. The van der Waals surface area contributed by atoms with Crippen LogP contribution in [0.4, 0.5) is 5.69 Å². The van der Waals surface area contributed by atoms with Gasteiger partial charge in [-0.15, -0.1) is 0 Å². The number of benzene rings is 2. The van der Waals surface area contributed by atoms with Gasteiger partial charge in [0.15, 0.2) is 0 Å². The van der Waals surface area contributed by atoms with Crippen LogP contribution in [0.1, 0.15) is 25.0 Å². The molecule has 1 aliphatic rings. The summed E-state index contributed by atoms with van der Waals surface area (Å²) >= 11 is 0. The summed E-state index contributed by atoms with van der Waals surface area (Å²) in [6, 6.07) is 14.0. The fourth-order valence-electron chi connectivity index (χ4n) is 2.98. The number of fused-ring (bicyclic) bond motifs is 1. The molecule has 0 spiro atoms. The number of ether oxygens (including phenoxy) is 1. The molecule has 2 aromatic rings. The van der Waals surface area contributed by atoms with Crippen molar-refractivity contribution in [3.8, 4) is 11.1 Å². The molecule has 0 fully saturated rings. The normalized spacial score (nSPS) is 14.8. The third-order valence-corrected chi connectivity index (χ3v) is 4.05. The van der Waals surface area contributed by atoms with Crippen LogP contribution >= 0.6 is 0 Å². The molecule has 0 aromatic heterocycles. The van der Waals surface area contributed by atoms with E-state index in [1.54, 1.807) is 4.90 Å². The van der Waals surface area contributed by atoms with E-state index in [1.807, 2.05) is 50.2 Å². The number of anilines is 1. The lowest BCUT2D eigenvalue weighted by atomic mass is 9.99. The van der Waals surface area contributed by atoms with Crippen LogP contribution in [-0.4, -0.2) is 23.7 Å². The van der Waals surface area contributed by atoms with E-state index in [0.29, 0.717) is 6.61 Å². The number of nitrogens with zero attached hydrogens (tertiary/aromatic N) is 1. The van der Waals surface area contributed by atoms with Crippen LogP contribution < -0.4 is 4.90 Å². The Hall–Kier alpha value is -2.17. The van der Waals surface area contributed by atoms with Crippen molar-refractivity contribution >= 4 is 11.6 Å². The van der Waals surface area contributed by atoms with Gasteiger partial charge in [0.25, 0.3) is 5.91 Å². The van der Waals surface area contributed by atoms with E-state index < -0.39 is 0 Å². The highest BCUT2D eigenvalue weighted by molar-refractivity contribution is 5.96. The summed E-state index contributed by atoms with van der Waals surface area (Å²) in [6.07, 6.45) is 0. The molecule has 3 rings (SSSR count). The average molecular weight is 311 g/mol. The minimum Gasteiger partial charge on any atom is -0.392 e. The van der Waals surface area contributed by atoms with Gasteiger partial charge in [0, 0.05) is 17.3 Å². The highest BCUT2D eigenvalue weighted by Gasteiger charge is 2.25. The Morgan fingerprint density at radius 2 is 1.91 bits per heavy atom. The molecule has 0 bridgehead atoms. The van der Waals surface area contributed by atoms with Gasteiger partial charge in [0.2, 0.25) is 0 Å². The molecule has 120 valence electrons. The number of carbonyl (C=O) groups is 1. The Labute approximate surface area is 136 Å². The third kappa shape index (κ3) is 3.14. The number of aliphatic hydroxyl groups is 1. The molecule has 0 radical (unpaired) electrons. The highest BCUT2D eigenvalue weighted by atomic mass is 16.5. The Kier molecular flexibility index (Phi) is 4.46. The molecule has 1 heterocycles. The van der Waals surface area contributed by atoms with Crippen LogP contribution in [0, 0.1) is 0 Å². The first kappa shape index (κ1) is 15.7. The van der Waals surface area contributed by atoms with Gasteiger partial charge in [-0.1, -0.05) is 24.3 Å². The molecule has 0 aliphatic carbocycles. The Bertz CT molecular complexity index is 724. The fraction of sp³-hybridized carbons (Fsp3) is 0.316. The molecule has 0 saturated carbocycles. The molecule has 1 aliphatic heterocycles. The molecule has 1 amide bonds. The van der Waals surface area contributed by atoms with Crippen LogP contribution in [0.25, 0.3) is 11.1 Å². The maximum Gasteiger partial charge on any atom is 0.253 e. The van der Waals surface area contributed by atoms with Crippen molar-refractivity contribution in [1.29, 1.82) is 0 Å². The van der Waals surface area contributed by atoms with E-state index in [-0.39, 0.29) is 25.2 Å². The van der Waals surface area contributed by atoms with Gasteiger partial charge in [-0.25, -0.2) is 0 Å². The molecule has 2 aromatic carbocycles. The molecule has 4 nitrogen and oxygen atoms in total. The smallest absolute Gasteiger partial charge is 0.253 e. The second kappa shape index (κ2) is 6.52. The van der Waals surface area contributed by atoms with E-state index in [4.69, 9.17) is 4.74 Å². The summed E-state index contributed by atoms with van der Waals surface area (Å²) < 4.78 is 5.52. The summed E-state index contributed by atoms with van der Waals surface area (Å²) in [6.45, 7) is 4.58. The second-order valence-electron chi connectivity index (χ2n) is 6.05. The zero-order valence-corrected chi connectivity index (χ0v) is 13.5. The van der Waals surface area contributed by atoms with Crippen molar-refractivity contribution in [2.45, 2.75) is 33.1 Å². The lowest BCUT2D eigenvalue weighted by molar-refractivity contribution is -0.123. The van der Waals surface area contributed by atoms with Gasteiger partial charge in [-0.3, -0.25) is 4.79 Å². The van der Waals surface area contributed by atoms with Crippen molar-refractivity contribution in [2.75, 3.05) is 11.5 Å². The number of hydrogen-bond donors (Lipinski definition) is 1. The summed E-state index contributed by atoms with van der Waals surface area (Å²) in [7, 11) is 0. The molecule has 0 unspecified atom stereocenters. The number of carbonyl (C=O) groups excluding carboxylic acids is 1. The van der Waals surface area contributed by atoms with E-state index >= 15 is 0 Å². The SMILES string of the molecule is CC(C)N1C(=O)COCc2cc(-c3cccc(CO)c3)ccc21. The Morgan fingerprint density at radius 3 is 2.65 bits per heavy atom.